The molecule has 0 unspecified atom stereocenters. The summed E-state index contributed by atoms with van der Waals surface area (Å²) in [6.45, 7) is 8.30. The number of amides is 1. The van der Waals surface area contributed by atoms with Crippen molar-refractivity contribution in [1.82, 2.24) is 5.32 Å². The monoisotopic (exact) mass is 336 g/mol. The SMILES string of the molecule is CCCOC(=O)c1ccc(NC(=S)NC(=O)CC(C)(C)C)cc1. The van der Waals surface area contributed by atoms with Crippen molar-refractivity contribution in [2.45, 2.75) is 40.5 Å². The molecule has 23 heavy (non-hydrogen) atoms. The van der Waals surface area contributed by atoms with Crippen LogP contribution in [-0.2, 0) is 9.53 Å². The van der Waals surface area contributed by atoms with E-state index in [0.717, 1.165) is 6.42 Å². The molecule has 0 heterocycles. The summed E-state index contributed by atoms with van der Waals surface area (Å²) >= 11 is 5.11. The summed E-state index contributed by atoms with van der Waals surface area (Å²) in [5.74, 6) is -0.478. The quantitative estimate of drug-likeness (QED) is 0.636. The maximum Gasteiger partial charge on any atom is 0.338 e. The lowest BCUT2D eigenvalue weighted by Gasteiger charge is -2.17. The highest BCUT2D eigenvalue weighted by Crippen LogP contribution is 2.18. The second-order valence-electron chi connectivity index (χ2n) is 6.45. The zero-order valence-corrected chi connectivity index (χ0v) is 14.9. The standard InChI is InChI=1S/C17H24N2O3S/c1-5-10-22-15(21)12-6-8-13(9-7-12)18-16(23)19-14(20)11-17(2,3)4/h6-9H,5,10-11H2,1-4H3,(H2,18,19,20,23). The molecule has 0 saturated carbocycles. The van der Waals surface area contributed by atoms with Crippen molar-refractivity contribution in [1.29, 1.82) is 0 Å². The topological polar surface area (TPSA) is 67.4 Å². The van der Waals surface area contributed by atoms with Crippen molar-refractivity contribution in [3.8, 4) is 0 Å². The van der Waals surface area contributed by atoms with Crippen LogP contribution in [0.15, 0.2) is 24.3 Å². The Morgan fingerprint density at radius 2 is 1.78 bits per heavy atom. The van der Waals surface area contributed by atoms with Crippen molar-refractivity contribution in [3.05, 3.63) is 29.8 Å². The minimum Gasteiger partial charge on any atom is -0.462 e. The van der Waals surface area contributed by atoms with Gasteiger partial charge in [-0.25, -0.2) is 4.79 Å². The highest BCUT2D eigenvalue weighted by Gasteiger charge is 2.16. The number of hydrogen-bond acceptors (Lipinski definition) is 4. The average Bonchev–Trinajstić information content (AvgIpc) is 2.43. The molecule has 0 radical (unpaired) electrons. The van der Waals surface area contributed by atoms with Crippen LogP contribution >= 0.6 is 12.2 Å². The van der Waals surface area contributed by atoms with Crippen LogP contribution in [0.3, 0.4) is 0 Å². The van der Waals surface area contributed by atoms with Gasteiger partial charge in [0.25, 0.3) is 0 Å². The second kappa shape index (κ2) is 8.62. The molecule has 0 aliphatic carbocycles. The van der Waals surface area contributed by atoms with Gasteiger partial charge in [0.1, 0.15) is 0 Å². The molecule has 126 valence electrons. The second-order valence-corrected chi connectivity index (χ2v) is 6.86. The van der Waals surface area contributed by atoms with Gasteiger partial charge in [-0.05, 0) is 48.3 Å². The van der Waals surface area contributed by atoms with E-state index in [9.17, 15) is 9.59 Å². The van der Waals surface area contributed by atoms with Crippen molar-refractivity contribution in [2.75, 3.05) is 11.9 Å². The lowest BCUT2D eigenvalue weighted by Crippen LogP contribution is -2.36. The average molecular weight is 336 g/mol. The summed E-state index contributed by atoms with van der Waals surface area (Å²) in [5, 5.41) is 5.79. The van der Waals surface area contributed by atoms with Gasteiger partial charge >= 0.3 is 5.97 Å². The molecule has 0 fully saturated rings. The minimum atomic E-state index is -0.348. The van der Waals surface area contributed by atoms with E-state index in [4.69, 9.17) is 17.0 Å². The Morgan fingerprint density at radius 3 is 2.30 bits per heavy atom. The molecule has 0 atom stereocenters. The molecule has 1 aromatic carbocycles. The Kier molecular flexibility index (Phi) is 7.16. The molecule has 0 aliphatic heterocycles. The van der Waals surface area contributed by atoms with Crippen LogP contribution in [0.5, 0.6) is 0 Å². The molecule has 1 amide bonds. The van der Waals surface area contributed by atoms with Gasteiger partial charge in [0.2, 0.25) is 5.91 Å². The van der Waals surface area contributed by atoms with Crippen LogP contribution in [0.2, 0.25) is 0 Å². The van der Waals surface area contributed by atoms with Crippen LogP contribution in [-0.4, -0.2) is 23.6 Å². The van der Waals surface area contributed by atoms with Gasteiger partial charge < -0.3 is 15.4 Å². The number of esters is 1. The highest BCUT2D eigenvalue weighted by atomic mass is 32.1. The van der Waals surface area contributed by atoms with Gasteiger partial charge in [0.05, 0.1) is 12.2 Å². The van der Waals surface area contributed by atoms with Gasteiger partial charge in [0, 0.05) is 12.1 Å². The summed E-state index contributed by atoms with van der Waals surface area (Å²) < 4.78 is 5.06. The minimum absolute atomic E-state index is 0.0970. The molecule has 2 N–H and O–H groups in total. The Morgan fingerprint density at radius 1 is 1.17 bits per heavy atom. The number of benzene rings is 1. The Labute approximate surface area is 142 Å². The molecular weight excluding hydrogens is 312 g/mol. The molecule has 0 spiro atoms. The van der Waals surface area contributed by atoms with E-state index < -0.39 is 0 Å². The van der Waals surface area contributed by atoms with Gasteiger partial charge in [-0.15, -0.1) is 0 Å². The maximum atomic E-state index is 11.8. The number of carbonyl (C=O) groups excluding carboxylic acids is 2. The molecule has 0 saturated heterocycles. The summed E-state index contributed by atoms with van der Waals surface area (Å²) in [6.07, 6.45) is 1.17. The van der Waals surface area contributed by atoms with E-state index in [1.54, 1.807) is 24.3 Å². The van der Waals surface area contributed by atoms with Crippen LogP contribution < -0.4 is 10.6 Å². The number of ether oxygens (including phenoxy) is 1. The van der Waals surface area contributed by atoms with E-state index in [1.807, 2.05) is 27.7 Å². The van der Waals surface area contributed by atoms with Crippen molar-refractivity contribution >= 4 is 34.9 Å². The van der Waals surface area contributed by atoms with Crippen molar-refractivity contribution in [3.63, 3.8) is 0 Å². The van der Waals surface area contributed by atoms with E-state index in [-0.39, 0.29) is 22.4 Å². The first-order valence-corrected chi connectivity index (χ1v) is 8.00. The van der Waals surface area contributed by atoms with Gasteiger partial charge in [-0.3, -0.25) is 4.79 Å². The van der Waals surface area contributed by atoms with Crippen molar-refractivity contribution < 1.29 is 14.3 Å². The van der Waals surface area contributed by atoms with E-state index in [2.05, 4.69) is 10.6 Å². The van der Waals surface area contributed by atoms with Crippen LogP contribution in [0.4, 0.5) is 5.69 Å². The Hall–Kier alpha value is -1.95. The number of thiocarbonyl (C=S) groups is 1. The molecule has 1 rings (SSSR count). The van der Waals surface area contributed by atoms with E-state index >= 15 is 0 Å². The fraction of sp³-hybridized carbons (Fsp3) is 0.471. The zero-order valence-electron chi connectivity index (χ0n) is 14.1. The molecule has 5 nitrogen and oxygen atoms in total. The van der Waals surface area contributed by atoms with Crippen molar-refractivity contribution in [2.24, 2.45) is 5.41 Å². The summed E-state index contributed by atoms with van der Waals surface area (Å²) in [7, 11) is 0. The molecule has 0 aromatic heterocycles. The lowest BCUT2D eigenvalue weighted by atomic mass is 9.92. The zero-order chi connectivity index (χ0) is 17.5. The van der Waals surface area contributed by atoms with Crippen LogP contribution in [0.25, 0.3) is 0 Å². The normalized spacial score (nSPS) is 10.8. The van der Waals surface area contributed by atoms with E-state index in [0.29, 0.717) is 24.3 Å². The summed E-state index contributed by atoms with van der Waals surface area (Å²) in [4.78, 5) is 23.5. The third kappa shape index (κ3) is 7.74. The predicted octanol–water partition coefficient (Wildman–Crippen LogP) is 3.50. The number of nitrogens with one attached hydrogen (secondary N) is 2. The van der Waals surface area contributed by atoms with Gasteiger partial charge in [0.15, 0.2) is 5.11 Å². The molecule has 6 heteroatoms. The fourth-order valence-corrected chi connectivity index (χ4v) is 2.01. The number of carbonyl (C=O) groups is 2. The maximum absolute atomic E-state index is 11.8. The predicted molar refractivity (Wildman–Crippen MR) is 95.5 cm³/mol. The first-order valence-electron chi connectivity index (χ1n) is 7.59. The molecule has 1 aromatic rings. The smallest absolute Gasteiger partial charge is 0.338 e. The third-order valence-electron chi connectivity index (χ3n) is 2.76. The Balaban J connectivity index is 2.53. The highest BCUT2D eigenvalue weighted by molar-refractivity contribution is 7.80. The number of anilines is 1. The molecule has 0 bridgehead atoms. The Bertz CT molecular complexity index is 562. The lowest BCUT2D eigenvalue weighted by molar-refractivity contribution is -0.121. The largest absolute Gasteiger partial charge is 0.462 e. The fourth-order valence-electron chi connectivity index (χ4n) is 1.78. The molecule has 0 aliphatic rings. The van der Waals surface area contributed by atoms with Crippen LogP contribution in [0, 0.1) is 5.41 Å². The summed E-state index contributed by atoms with van der Waals surface area (Å²) in [6, 6.07) is 6.73. The number of hydrogen-bond donors (Lipinski definition) is 2. The van der Waals surface area contributed by atoms with Gasteiger partial charge in [-0.2, -0.15) is 0 Å². The first-order chi connectivity index (χ1) is 10.7. The molecular formula is C17H24N2O3S. The summed E-state index contributed by atoms with van der Waals surface area (Å²) in [5.41, 5.74) is 1.07. The third-order valence-corrected chi connectivity index (χ3v) is 2.96. The van der Waals surface area contributed by atoms with E-state index in [1.165, 1.54) is 0 Å². The van der Waals surface area contributed by atoms with Crippen LogP contribution in [0.1, 0.15) is 50.9 Å². The van der Waals surface area contributed by atoms with Gasteiger partial charge in [-0.1, -0.05) is 27.7 Å². The number of rotatable bonds is 5. The first kappa shape index (κ1) is 19.1.